The Balaban J connectivity index is 2.31. The molecule has 1 rings (SSSR count). The fraction of sp³-hybridized carbons (Fsp3) is 0.444. The van der Waals surface area contributed by atoms with E-state index in [0.29, 0.717) is 26.4 Å². The standard InChI is InChI=1S/C18H22O2/c1-3-5-9-13-19-15-17-11-7-8-12-18(17)16-20-14-10-6-4-2/h1-2,7-8,11-12H,5-6,9-10,13-16H2. The van der Waals surface area contributed by atoms with E-state index in [-0.39, 0.29) is 0 Å². The van der Waals surface area contributed by atoms with Gasteiger partial charge in [0.2, 0.25) is 0 Å². The van der Waals surface area contributed by atoms with Crippen LogP contribution in [0.1, 0.15) is 36.8 Å². The van der Waals surface area contributed by atoms with Crippen LogP contribution >= 0.6 is 0 Å². The first-order valence-electron chi connectivity index (χ1n) is 6.97. The molecule has 0 aliphatic carbocycles. The summed E-state index contributed by atoms with van der Waals surface area (Å²) in [5.41, 5.74) is 2.34. The van der Waals surface area contributed by atoms with Gasteiger partial charge < -0.3 is 9.47 Å². The zero-order chi connectivity index (χ0) is 14.5. The molecular formula is C18H22O2. The molecule has 0 radical (unpaired) electrons. The van der Waals surface area contributed by atoms with E-state index in [2.05, 4.69) is 24.0 Å². The Hall–Kier alpha value is -1.74. The van der Waals surface area contributed by atoms with Gasteiger partial charge in [0.25, 0.3) is 0 Å². The summed E-state index contributed by atoms with van der Waals surface area (Å²) in [6.45, 7) is 2.60. The van der Waals surface area contributed by atoms with Crippen LogP contribution in [0, 0.1) is 24.7 Å². The minimum absolute atomic E-state index is 0.606. The minimum Gasteiger partial charge on any atom is -0.377 e. The van der Waals surface area contributed by atoms with Gasteiger partial charge in [0.15, 0.2) is 0 Å². The maximum atomic E-state index is 5.63. The highest BCUT2D eigenvalue weighted by molar-refractivity contribution is 5.25. The minimum atomic E-state index is 0.606. The fourth-order valence-electron chi connectivity index (χ4n) is 1.76. The van der Waals surface area contributed by atoms with Crippen LogP contribution in [0.3, 0.4) is 0 Å². The fourth-order valence-corrected chi connectivity index (χ4v) is 1.76. The first-order chi connectivity index (χ1) is 9.88. The predicted octanol–water partition coefficient (Wildman–Crippen LogP) is 3.55. The molecule has 106 valence electrons. The van der Waals surface area contributed by atoms with Gasteiger partial charge >= 0.3 is 0 Å². The molecule has 0 aliphatic heterocycles. The largest absolute Gasteiger partial charge is 0.377 e. The van der Waals surface area contributed by atoms with E-state index < -0.39 is 0 Å². The number of rotatable bonds is 10. The van der Waals surface area contributed by atoms with E-state index in [1.54, 1.807) is 0 Å². The highest BCUT2D eigenvalue weighted by Crippen LogP contribution is 2.12. The number of hydrogen-bond donors (Lipinski definition) is 0. The molecule has 0 spiro atoms. The van der Waals surface area contributed by atoms with Crippen LogP contribution in [-0.4, -0.2) is 13.2 Å². The molecule has 0 saturated carbocycles. The molecule has 2 nitrogen and oxygen atoms in total. The number of terminal acetylenes is 2. The molecule has 0 aromatic heterocycles. The Morgan fingerprint density at radius 3 is 1.65 bits per heavy atom. The van der Waals surface area contributed by atoms with E-state index in [9.17, 15) is 0 Å². The predicted molar refractivity (Wildman–Crippen MR) is 81.9 cm³/mol. The van der Waals surface area contributed by atoms with Gasteiger partial charge in [-0.1, -0.05) is 24.3 Å². The average Bonchev–Trinajstić information content (AvgIpc) is 2.48. The number of ether oxygens (including phenoxy) is 2. The van der Waals surface area contributed by atoms with Crippen molar-refractivity contribution >= 4 is 0 Å². The number of benzene rings is 1. The summed E-state index contributed by atoms with van der Waals surface area (Å²) >= 11 is 0. The van der Waals surface area contributed by atoms with Crippen LogP contribution in [0.5, 0.6) is 0 Å². The molecule has 0 atom stereocenters. The third-order valence-electron chi connectivity index (χ3n) is 2.85. The Kier molecular flexibility index (Phi) is 9.07. The first kappa shape index (κ1) is 16.3. The molecular weight excluding hydrogens is 248 g/mol. The van der Waals surface area contributed by atoms with Crippen LogP contribution < -0.4 is 0 Å². The van der Waals surface area contributed by atoms with Gasteiger partial charge in [0, 0.05) is 26.1 Å². The Morgan fingerprint density at radius 1 is 0.800 bits per heavy atom. The molecule has 0 amide bonds. The zero-order valence-corrected chi connectivity index (χ0v) is 11.9. The molecule has 20 heavy (non-hydrogen) atoms. The van der Waals surface area contributed by atoms with E-state index in [1.165, 1.54) is 11.1 Å². The van der Waals surface area contributed by atoms with Gasteiger partial charge in [-0.25, -0.2) is 0 Å². The summed E-state index contributed by atoms with van der Waals surface area (Å²) in [5, 5.41) is 0. The van der Waals surface area contributed by atoms with Crippen molar-refractivity contribution in [2.75, 3.05) is 13.2 Å². The summed E-state index contributed by atoms with van der Waals surface area (Å²) in [6, 6.07) is 8.17. The third-order valence-corrected chi connectivity index (χ3v) is 2.85. The maximum Gasteiger partial charge on any atom is 0.0720 e. The van der Waals surface area contributed by atoms with Crippen LogP contribution in [0.4, 0.5) is 0 Å². The third kappa shape index (κ3) is 7.00. The van der Waals surface area contributed by atoms with Gasteiger partial charge in [-0.2, -0.15) is 0 Å². The second kappa shape index (κ2) is 11.1. The number of unbranched alkanes of at least 4 members (excludes halogenated alkanes) is 2. The zero-order valence-electron chi connectivity index (χ0n) is 11.9. The normalized spacial score (nSPS) is 9.90. The first-order valence-corrected chi connectivity index (χ1v) is 6.97. The Labute approximate surface area is 122 Å². The highest BCUT2D eigenvalue weighted by atomic mass is 16.5. The monoisotopic (exact) mass is 270 g/mol. The lowest BCUT2D eigenvalue weighted by molar-refractivity contribution is 0.106. The lowest BCUT2D eigenvalue weighted by Crippen LogP contribution is -2.02. The topological polar surface area (TPSA) is 18.5 Å². The van der Waals surface area contributed by atoms with Crippen LogP contribution in [-0.2, 0) is 22.7 Å². The van der Waals surface area contributed by atoms with Gasteiger partial charge in [-0.3, -0.25) is 0 Å². The SMILES string of the molecule is C#CCCCOCc1ccccc1COCCCC#C. The Bertz CT molecular complexity index is 408. The summed E-state index contributed by atoms with van der Waals surface area (Å²) in [5.74, 6) is 5.22. The van der Waals surface area contributed by atoms with Crippen LogP contribution in [0.25, 0.3) is 0 Å². The van der Waals surface area contributed by atoms with Crippen molar-refractivity contribution in [1.29, 1.82) is 0 Å². The molecule has 0 heterocycles. The van der Waals surface area contributed by atoms with Gasteiger partial charge in [0.05, 0.1) is 13.2 Å². The van der Waals surface area contributed by atoms with E-state index >= 15 is 0 Å². The second-order valence-corrected chi connectivity index (χ2v) is 4.49. The van der Waals surface area contributed by atoms with Crippen molar-refractivity contribution in [1.82, 2.24) is 0 Å². The molecule has 0 fully saturated rings. The smallest absolute Gasteiger partial charge is 0.0720 e. The van der Waals surface area contributed by atoms with Crippen molar-refractivity contribution < 1.29 is 9.47 Å². The average molecular weight is 270 g/mol. The van der Waals surface area contributed by atoms with Crippen molar-refractivity contribution in [2.45, 2.75) is 38.9 Å². The lowest BCUT2D eigenvalue weighted by atomic mass is 10.1. The van der Waals surface area contributed by atoms with Crippen LogP contribution in [0.15, 0.2) is 24.3 Å². The molecule has 0 unspecified atom stereocenters. The summed E-state index contributed by atoms with van der Waals surface area (Å²) < 4.78 is 11.3. The van der Waals surface area contributed by atoms with E-state index in [1.807, 2.05) is 12.1 Å². The van der Waals surface area contributed by atoms with Crippen molar-refractivity contribution in [3.05, 3.63) is 35.4 Å². The van der Waals surface area contributed by atoms with Crippen molar-refractivity contribution in [3.63, 3.8) is 0 Å². The molecule has 0 saturated heterocycles. The summed E-state index contributed by atoms with van der Waals surface area (Å²) in [7, 11) is 0. The highest BCUT2D eigenvalue weighted by Gasteiger charge is 2.02. The molecule has 2 heteroatoms. The van der Waals surface area contributed by atoms with Gasteiger partial charge in [-0.15, -0.1) is 24.7 Å². The van der Waals surface area contributed by atoms with E-state index in [4.69, 9.17) is 22.3 Å². The lowest BCUT2D eigenvalue weighted by Gasteiger charge is -2.10. The maximum absolute atomic E-state index is 5.63. The second-order valence-electron chi connectivity index (χ2n) is 4.49. The quantitative estimate of drug-likeness (QED) is 0.478. The number of hydrogen-bond acceptors (Lipinski definition) is 2. The van der Waals surface area contributed by atoms with Crippen molar-refractivity contribution in [3.8, 4) is 24.7 Å². The molecule has 0 aliphatic rings. The van der Waals surface area contributed by atoms with Crippen molar-refractivity contribution in [2.24, 2.45) is 0 Å². The molecule has 1 aromatic rings. The molecule has 1 aromatic carbocycles. The van der Waals surface area contributed by atoms with Crippen LogP contribution in [0.2, 0.25) is 0 Å². The van der Waals surface area contributed by atoms with Gasteiger partial charge in [-0.05, 0) is 24.0 Å². The molecule has 0 N–H and O–H groups in total. The molecule has 0 bridgehead atoms. The summed E-state index contributed by atoms with van der Waals surface area (Å²) in [6.07, 6.45) is 13.7. The van der Waals surface area contributed by atoms with Gasteiger partial charge in [0.1, 0.15) is 0 Å². The van der Waals surface area contributed by atoms with E-state index in [0.717, 1.165) is 25.7 Å². The summed E-state index contributed by atoms with van der Waals surface area (Å²) in [4.78, 5) is 0. The Morgan fingerprint density at radius 2 is 1.25 bits per heavy atom.